The molecular weight excluding hydrogens is 456 g/mol. The molecule has 2 aliphatic carbocycles. The van der Waals surface area contributed by atoms with E-state index in [1.54, 1.807) is 11.1 Å². The Hall–Kier alpha value is -3.64. The van der Waals surface area contributed by atoms with E-state index in [9.17, 15) is 0 Å². The predicted octanol–water partition coefficient (Wildman–Crippen LogP) is 10.8. The largest absolute Gasteiger partial charge is 0.0622 e. The minimum atomic E-state index is 0.489. The third kappa shape index (κ3) is 4.37. The summed E-state index contributed by atoms with van der Waals surface area (Å²) < 4.78 is 0. The van der Waals surface area contributed by atoms with Crippen LogP contribution in [0.4, 0.5) is 0 Å². The molecular formula is C38H38. The Morgan fingerprint density at radius 2 is 0.868 bits per heavy atom. The van der Waals surface area contributed by atoms with Crippen molar-refractivity contribution >= 4 is 12.2 Å². The van der Waals surface area contributed by atoms with Crippen LogP contribution in [0.2, 0.25) is 0 Å². The van der Waals surface area contributed by atoms with Crippen LogP contribution in [0.15, 0.2) is 108 Å². The van der Waals surface area contributed by atoms with Gasteiger partial charge in [0.15, 0.2) is 0 Å². The van der Waals surface area contributed by atoms with Gasteiger partial charge in [0.1, 0.15) is 0 Å². The Balaban J connectivity index is 1.35. The molecule has 0 N–H and O–H groups in total. The highest BCUT2D eigenvalue weighted by Crippen LogP contribution is 2.50. The zero-order chi connectivity index (χ0) is 26.2. The first-order valence-corrected chi connectivity index (χ1v) is 14.3. The molecule has 2 atom stereocenters. The summed E-state index contributed by atoms with van der Waals surface area (Å²) in [5.41, 5.74) is 14.4. The van der Waals surface area contributed by atoms with Crippen LogP contribution in [0, 0.1) is 11.8 Å². The van der Waals surface area contributed by atoms with Crippen LogP contribution in [0.5, 0.6) is 0 Å². The van der Waals surface area contributed by atoms with Gasteiger partial charge in [0.2, 0.25) is 0 Å². The molecule has 0 spiro atoms. The second-order valence-corrected chi connectivity index (χ2v) is 11.6. The molecule has 0 heteroatoms. The van der Waals surface area contributed by atoms with Crippen molar-refractivity contribution in [1.82, 2.24) is 0 Å². The molecule has 4 aromatic carbocycles. The molecule has 0 aliphatic heterocycles. The molecule has 0 saturated carbocycles. The van der Waals surface area contributed by atoms with E-state index >= 15 is 0 Å². The van der Waals surface area contributed by atoms with Gasteiger partial charge in [0.05, 0.1) is 0 Å². The molecule has 0 radical (unpaired) electrons. The average Bonchev–Trinajstić information content (AvgIpc) is 3.51. The van der Waals surface area contributed by atoms with E-state index in [1.165, 1.54) is 57.3 Å². The van der Waals surface area contributed by atoms with Gasteiger partial charge in [-0.25, -0.2) is 0 Å². The van der Waals surface area contributed by atoms with E-state index in [0.29, 0.717) is 23.7 Å². The number of hydrogen-bond donors (Lipinski definition) is 0. The summed E-state index contributed by atoms with van der Waals surface area (Å²) in [5, 5.41) is 0. The van der Waals surface area contributed by atoms with Crippen molar-refractivity contribution in [3.05, 3.63) is 130 Å². The molecule has 38 heavy (non-hydrogen) atoms. The van der Waals surface area contributed by atoms with Crippen LogP contribution in [-0.2, 0) is 0 Å². The fraction of sp³-hybridized carbons (Fsp3) is 0.263. The SMILES string of the molecule is CC(C)C1=Cc2c(-c3ccccc3)cccc2C1CCC1C(C(C)C)=Cc2c(-c3ccccc3)cccc21. The van der Waals surface area contributed by atoms with Crippen molar-refractivity contribution in [1.29, 1.82) is 0 Å². The van der Waals surface area contributed by atoms with E-state index in [-0.39, 0.29) is 0 Å². The Morgan fingerprint density at radius 3 is 1.24 bits per heavy atom. The van der Waals surface area contributed by atoms with Crippen LogP contribution in [0.1, 0.15) is 74.6 Å². The van der Waals surface area contributed by atoms with E-state index in [0.717, 1.165) is 0 Å². The Bertz CT molecular complexity index is 1380. The highest BCUT2D eigenvalue weighted by Gasteiger charge is 2.33. The molecule has 2 aliphatic rings. The third-order valence-electron chi connectivity index (χ3n) is 8.70. The molecule has 4 aromatic rings. The van der Waals surface area contributed by atoms with Crippen molar-refractivity contribution < 1.29 is 0 Å². The molecule has 0 amide bonds. The zero-order valence-corrected chi connectivity index (χ0v) is 23.1. The van der Waals surface area contributed by atoms with E-state index < -0.39 is 0 Å². The quantitative estimate of drug-likeness (QED) is 0.240. The summed E-state index contributed by atoms with van der Waals surface area (Å²) in [6.07, 6.45) is 7.39. The molecule has 0 nitrogen and oxygen atoms in total. The first kappa shape index (κ1) is 24.7. The highest BCUT2D eigenvalue weighted by atomic mass is 14.4. The van der Waals surface area contributed by atoms with Gasteiger partial charge < -0.3 is 0 Å². The third-order valence-corrected chi connectivity index (χ3v) is 8.70. The lowest BCUT2D eigenvalue weighted by atomic mass is 9.79. The molecule has 6 rings (SSSR count). The Kier molecular flexibility index (Phi) is 6.66. The van der Waals surface area contributed by atoms with E-state index in [4.69, 9.17) is 0 Å². The highest BCUT2D eigenvalue weighted by molar-refractivity contribution is 5.83. The average molecular weight is 495 g/mol. The fourth-order valence-electron chi connectivity index (χ4n) is 6.84. The number of rotatable bonds is 7. The smallest absolute Gasteiger partial charge is 0.00605 e. The van der Waals surface area contributed by atoms with Gasteiger partial charge in [-0.2, -0.15) is 0 Å². The van der Waals surface area contributed by atoms with Crippen LogP contribution >= 0.6 is 0 Å². The van der Waals surface area contributed by atoms with E-state index in [1.807, 2.05) is 0 Å². The lowest BCUT2D eigenvalue weighted by molar-refractivity contribution is 0.549. The number of allylic oxidation sites excluding steroid dienone is 2. The molecule has 2 unspecified atom stereocenters. The first-order valence-electron chi connectivity index (χ1n) is 14.3. The topological polar surface area (TPSA) is 0 Å². The van der Waals surface area contributed by atoms with Gasteiger partial charge in [0, 0.05) is 11.8 Å². The van der Waals surface area contributed by atoms with Gasteiger partial charge in [0.25, 0.3) is 0 Å². The fourth-order valence-corrected chi connectivity index (χ4v) is 6.84. The van der Waals surface area contributed by atoms with Crippen LogP contribution in [0.3, 0.4) is 0 Å². The first-order chi connectivity index (χ1) is 18.5. The number of fused-ring (bicyclic) bond motifs is 2. The minimum absolute atomic E-state index is 0.489. The zero-order valence-electron chi connectivity index (χ0n) is 23.1. The second kappa shape index (κ2) is 10.3. The van der Waals surface area contributed by atoms with Gasteiger partial charge in [-0.15, -0.1) is 0 Å². The lowest BCUT2D eigenvalue weighted by Crippen LogP contribution is -2.09. The molecule has 0 bridgehead atoms. The minimum Gasteiger partial charge on any atom is -0.0622 e. The molecule has 0 heterocycles. The monoisotopic (exact) mass is 494 g/mol. The summed E-state index contributed by atoms with van der Waals surface area (Å²) >= 11 is 0. The maximum absolute atomic E-state index is 2.52. The van der Waals surface area contributed by atoms with Gasteiger partial charge in [-0.3, -0.25) is 0 Å². The predicted molar refractivity (Wildman–Crippen MR) is 164 cm³/mol. The lowest BCUT2D eigenvalue weighted by Gasteiger charge is -2.25. The molecule has 0 saturated heterocycles. The summed E-state index contributed by atoms with van der Waals surface area (Å²) in [6.45, 7) is 9.46. The molecule has 190 valence electrons. The Labute approximate surface area is 228 Å². The van der Waals surface area contributed by atoms with E-state index in [2.05, 4.69) is 137 Å². The summed E-state index contributed by atoms with van der Waals surface area (Å²) in [5.74, 6) is 2.06. The van der Waals surface area contributed by atoms with Crippen molar-refractivity contribution in [2.24, 2.45) is 11.8 Å². The van der Waals surface area contributed by atoms with Crippen molar-refractivity contribution in [3.8, 4) is 22.3 Å². The number of benzene rings is 4. The van der Waals surface area contributed by atoms with Gasteiger partial charge in [-0.1, -0.05) is 148 Å². The maximum atomic E-state index is 2.52. The Morgan fingerprint density at radius 1 is 0.474 bits per heavy atom. The van der Waals surface area contributed by atoms with Crippen molar-refractivity contribution in [2.75, 3.05) is 0 Å². The van der Waals surface area contributed by atoms with Gasteiger partial charge in [-0.05, 0) is 69.2 Å². The summed E-state index contributed by atoms with van der Waals surface area (Å²) in [7, 11) is 0. The summed E-state index contributed by atoms with van der Waals surface area (Å²) in [6, 6.07) is 35.7. The molecule has 0 fully saturated rings. The maximum Gasteiger partial charge on any atom is 0.00605 e. The van der Waals surface area contributed by atoms with Crippen LogP contribution in [-0.4, -0.2) is 0 Å². The summed E-state index contributed by atoms with van der Waals surface area (Å²) in [4.78, 5) is 0. The number of hydrogen-bond acceptors (Lipinski definition) is 0. The molecule has 0 aromatic heterocycles. The second-order valence-electron chi connectivity index (χ2n) is 11.6. The van der Waals surface area contributed by atoms with Gasteiger partial charge >= 0.3 is 0 Å². The van der Waals surface area contributed by atoms with Crippen molar-refractivity contribution in [2.45, 2.75) is 52.4 Å². The van der Waals surface area contributed by atoms with Crippen LogP contribution < -0.4 is 0 Å². The normalized spacial score (nSPS) is 17.9. The van der Waals surface area contributed by atoms with Crippen LogP contribution in [0.25, 0.3) is 34.4 Å². The van der Waals surface area contributed by atoms with Crippen molar-refractivity contribution in [3.63, 3.8) is 0 Å². The standard InChI is InChI=1S/C38H38/c1-25(2)35-23-37-29(27-13-7-5-8-14-27)17-11-19-31(37)33(35)21-22-34-32-20-12-18-30(28-15-9-6-10-16-28)38(32)24-36(34)26(3)4/h5-20,23-26,33-34H,21-22H2,1-4H3.